The van der Waals surface area contributed by atoms with Crippen molar-refractivity contribution in [1.29, 1.82) is 0 Å². The second-order valence-corrected chi connectivity index (χ2v) is 14.5. The minimum atomic E-state index is -1.03. The van der Waals surface area contributed by atoms with Crippen molar-refractivity contribution >= 4 is 56.7 Å². The molecule has 3 aliphatic rings. The minimum Gasteiger partial charge on any atom is -0.487 e. The van der Waals surface area contributed by atoms with Gasteiger partial charge in [-0.05, 0) is 53.5 Å². The Morgan fingerprint density at radius 3 is 2.00 bits per heavy atom. The van der Waals surface area contributed by atoms with E-state index in [-0.39, 0.29) is 53.4 Å². The van der Waals surface area contributed by atoms with E-state index >= 15 is 0 Å². The van der Waals surface area contributed by atoms with Crippen LogP contribution in [-0.2, 0) is 21.0 Å². The van der Waals surface area contributed by atoms with Crippen LogP contribution in [0.5, 0.6) is 5.75 Å². The number of ether oxygens (including phenoxy) is 1. The number of carbonyl (C=O) groups is 3. The van der Waals surface area contributed by atoms with E-state index in [1.807, 2.05) is 52.0 Å². The fourth-order valence-corrected chi connectivity index (χ4v) is 7.20. The number of carboxylic acid groups (broad SMARTS) is 1. The van der Waals surface area contributed by atoms with E-state index in [0.717, 1.165) is 10.0 Å². The summed E-state index contributed by atoms with van der Waals surface area (Å²) in [5, 5.41) is 10.5. The summed E-state index contributed by atoms with van der Waals surface area (Å²) in [6.45, 7) is 7.90. The highest BCUT2D eigenvalue weighted by Crippen LogP contribution is 2.56. The molecule has 0 aromatic heterocycles. The highest BCUT2D eigenvalue weighted by molar-refractivity contribution is 9.10. The Balaban J connectivity index is 1.74. The second kappa shape index (κ2) is 10.9. The van der Waals surface area contributed by atoms with Gasteiger partial charge < -0.3 is 14.7 Å². The van der Waals surface area contributed by atoms with Gasteiger partial charge in [-0.3, -0.25) is 14.4 Å². The molecule has 216 valence electrons. The van der Waals surface area contributed by atoms with Crippen molar-refractivity contribution in [3.63, 3.8) is 0 Å². The molecule has 2 aromatic rings. The molecule has 41 heavy (non-hydrogen) atoms. The number of rotatable bonds is 6. The first-order chi connectivity index (χ1) is 19.2. The molecule has 1 N–H and O–H groups in total. The lowest BCUT2D eigenvalue weighted by molar-refractivity contribution is -0.138. The number of hydrogen-bond donors (Lipinski definition) is 1. The number of nitrogens with zero attached hydrogens (tertiary/aromatic N) is 1. The second-order valence-electron chi connectivity index (χ2n) is 12.7. The first kappa shape index (κ1) is 29.9. The molecule has 0 bridgehead atoms. The van der Waals surface area contributed by atoms with Crippen LogP contribution in [-0.4, -0.2) is 34.1 Å². The maximum Gasteiger partial charge on any atom is 0.323 e. The van der Waals surface area contributed by atoms with Gasteiger partial charge in [-0.25, -0.2) is 0 Å². The molecule has 0 saturated carbocycles. The van der Waals surface area contributed by atoms with E-state index in [9.17, 15) is 19.5 Å². The number of carbonyl (C=O) groups excluding carboxylic acids is 2. The van der Waals surface area contributed by atoms with E-state index in [1.165, 1.54) is 0 Å². The molecule has 0 radical (unpaired) electrons. The van der Waals surface area contributed by atoms with Gasteiger partial charge in [0.25, 0.3) is 0 Å². The van der Waals surface area contributed by atoms with E-state index in [1.54, 1.807) is 17.0 Å². The number of Topliss-reactive ketones (excluding diaryl/α,β-unsaturated/α-hetero) is 2. The van der Waals surface area contributed by atoms with Crippen LogP contribution in [0.25, 0.3) is 0 Å². The number of halogens is 3. The van der Waals surface area contributed by atoms with Gasteiger partial charge in [0, 0.05) is 56.4 Å². The third-order valence-electron chi connectivity index (χ3n) is 7.96. The zero-order valence-corrected chi connectivity index (χ0v) is 26.5. The normalized spacial score (nSPS) is 20.2. The molecule has 1 aliphatic heterocycles. The molecule has 0 saturated heterocycles. The van der Waals surface area contributed by atoms with Gasteiger partial charge in [0.2, 0.25) is 0 Å². The summed E-state index contributed by atoms with van der Waals surface area (Å²) in [6.07, 6.45) is 1.53. The smallest absolute Gasteiger partial charge is 0.323 e. The lowest BCUT2D eigenvalue weighted by Gasteiger charge is -2.48. The summed E-state index contributed by atoms with van der Waals surface area (Å²) in [7, 11) is 0. The number of ketones is 2. The number of carboxylic acids is 1. The van der Waals surface area contributed by atoms with Crippen molar-refractivity contribution < 1.29 is 24.2 Å². The third-order valence-corrected chi connectivity index (χ3v) is 8.99. The fraction of sp³-hybridized carbons (Fsp3) is 0.406. The van der Waals surface area contributed by atoms with Crippen LogP contribution < -0.4 is 4.74 Å². The van der Waals surface area contributed by atoms with Crippen molar-refractivity contribution in [2.75, 3.05) is 6.54 Å². The average molecular weight is 661 g/mol. The van der Waals surface area contributed by atoms with Gasteiger partial charge in [-0.15, -0.1) is 0 Å². The average Bonchev–Trinajstić information content (AvgIpc) is 2.83. The van der Waals surface area contributed by atoms with Crippen LogP contribution >= 0.6 is 39.1 Å². The molecular weight excluding hydrogens is 629 g/mol. The van der Waals surface area contributed by atoms with Crippen LogP contribution in [0.4, 0.5) is 0 Å². The van der Waals surface area contributed by atoms with Crippen LogP contribution in [0.3, 0.4) is 0 Å². The number of aliphatic carboxylic acids is 1. The Morgan fingerprint density at radius 1 is 0.951 bits per heavy atom. The molecule has 0 unspecified atom stereocenters. The van der Waals surface area contributed by atoms with Gasteiger partial charge in [0.15, 0.2) is 11.6 Å². The van der Waals surface area contributed by atoms with E-state index in [4.69, 9.17) is 27.9 Å². The van der Waals surface area contributed by atoms with Crippen molar-refractivity contribution in [1.82, 2.24) is 4.90 Å². The van der Waals surface area contributed by atoms with Crippen molar-refractivity contribution in [3.05, 3.63) is 84.6 Å². The standard InChI is InChI=1S/C32H32BrCl2NO5/c1-31(2)11-22-28(24(37)13-31)27(29-23(36(22)15-26(39)40)12-32(3,4)14-25(29)38)20-9-19(34)10-21(35)30(20)41-16-17-5-7-18(33)8-6-17/h5-10,27H,11-16H2,1-4H3,(H,39,40). The largest absolute Gasteiger partial charge is 0.487 e. The zero-order chi connectivity index (χ0) is 29.9. The molecule has 5 rings (SSSR count). The summed E-state index contributed by atoms with van der Waals surface area (Å²) in [6, 6.07) is 11.0. The molecule has 2 aromatic carbocycles. The lowest BCUT2D eigenvalue weighted by Crippen LogP contribution is -2.45. The molecule has 2 aliphatic carbocycles. The first-order valence-corrected chi connectivity index (χ1v) is 15.1. The predicted octanol–water partition coefficient (Wildman–Crippen LogP) is 8.11. The van der Waals surface area contributed by atoms with Crippen molar-refractivity contribution in [3.8, 4) is 5.75 Å². The maximum absolute atomic E-state index is 14.0. The SMILES string of the molecule is CC1(C)CC(=O)C2=C(C1)N(CC(=O)O)C1=C(C(=O)CC(C)(C)C1)C2c1cc(Cl)cc(Cl)c1OCc1ccc(Br)cc1. The summed E-state index contributed by atoms with van der Waals surface area (Å²) < 4.78 is 7.26. The molecule has 0 fully saturated rings. The molecule has 1 heterocycles. The first-order valence-electron chi connectivity index (χ1n) is 13.5. The minimum absolute atomic E-state index is 0.115. The Kier molecular flexibility index (Phi) is 7.94. The topological polar surface area (TPSA) is 83.9 Å². The van der Waals surface area contributed by atoms with E-state index < -0.39 is 11.9 Å². The Bertz CT molecular complexity index is 1470. The highest BCUT2D eigenvalue weighted by atomic mass is 79.9. The third kappa shape index (κ3) is 5.99. The van der Waals surface area contributed by atoms with Crippen molar-refractivity contribution in [2.45, 2.75) is 65.9 Å². The van der Waals surface area contributed by atoms with E-state index in [2.05, 4.69) is 15.9 Å². The molecule has 0 amide bonds. The number of hydrogen-bond acceptors (Lipinski definition) is 5. The van der Waals surface area contributed by atoms with Crippen LogP contribution in [0.2, 0.25) is 10.0 Å². The summed E-state index contributed by atoms with van der Waals surface area (Å²) >= 11 is 16.7. The quantitative estimate of drug-likeness (QED) is 0.337. The summed E-state index contributed by atoms with van der Waals surface area (Å²) in [5.74, 6) is -1.68. The van der Waals surface area contributed by atoms with Crippen molar-refractivity contribution in [2.24, 2.45) is 10.8 Å². The monoisotopic (exact) mass is 659 g/mol. The molecule has 9 heteroatoms. The van der Waals surface area contributed by atoms with Crippen LogP contribution in [0, 0.1) is 10.8 Å². The van der Waals surface area contributed by atoms with Gasteiger partial charge >= 0.3 is 5.97 Å². The molecule has 6 nitrogen and oxygen atoms in total. The highest BCUT2D eigenvalue weighted by Gasteiger charge is 2.50. The predicted molar refractivity (Wildman–Crippen MR) is 162 cm³/mol. The molecule has 0 spiro atoms. The Labute approximate surface area is 258 Å². The zero-order valence-electron chi connectivity index (χ0n) is 23.4. The van der Waals surface area contributed by atoms with Gasteiger partial charge in [-0.1, -0.05) is 79.0 Å². The Hall–Kier alpha value is -2.61. The van der Waals surface area contributed by atoms with E-state index in [0.29, 0.717) is 51.7 Å². The molecular formula is C32H32BrCl2NO5. The summed E-state index contributed by atoms with van der Waals surface area (Å²) in [5.41, 5.74) is 2.86. The fourth-order valence-electron chi connectivity index (χ4n) is 6.37. The molecule has 0 atom stereocenters. The Morgan fingerprint density at radius 2 is 1.49 bits per heavy atom. The van der Waals surface area contributed by atoms with Crippen LogP contribution in [0.1, 0.15) is 70.4 Å². The van der Waals surface area contributed by atoms with Gasteiger partial charge in [0.05, 0.1) is 5.02 Å². The number of allylic oxidation sites excluding steroid dienone is 4. The maximum atomic E-state index is 14.0. The summed E-state index contributed by atoms with van der Waals surface area (Å²) in [4.78, 5) is 41.8. The lowest BCUT2D eigenvalue weighted by atomic mass is 9.63. The van der Waals surface area contributed by atoms with Crippen LogP contribution in [0.15, 0.2) is 63.4 Å². The van der Waals surface area contributed by atoms with Gasteiger partial charge in [0.1, 0.15) is 18.9 Å². The van der Waals surface area contributed by atoms with Gasteiger partial charge in [-0.2, -0.15) is 0 Å². The number of benzene rings is 2.